The maximum Gasteiger partial charge on any atom is 0.122 e. The van der Waals surface area contributed by atoms with Crippen LogP contribution in [0.2, 0.25) is 0 Å². The summed E-state index contributed by atoms with van der Waals surface area (Å²) < 4.78 is 5.37. The fraction of sp³-hybridized carbons (Fsp3) is 0.571. The highest BCUT2D eigenvalue weighted by Crippen LogP contribution is 2.18. The van der Waals surface area contributed by atoms with Crippen molar-refractivity contribution in [2.45, 2.75) is 25.7 Å². The first-order chi connectivity index (χ1) is 7.90. The number of hydrogen-bond donors (Lipinski definition) is 0. The maximum atomic E-state index is 5.37. The summed E-state index contributed by atoms with van der Waals surface area (Å²) in [5, 5.41) is 0. The number of nitrogens with zero attached hydrogens (tertiary/aromatic N) is 1. The fourth-order valence-electron chi connectivity index (χ4n) is 2.37. The molecule has 1 aliphatic heterocycles. The molecule has 1 saturated heterocycles. The lowest BCUT2D eigenvalue weighted by Gasteiger charge is -2.26. The Morgan fingerprint density at radius 3 is 2.62 bits per heavy atom. The van der Waals surface area contributed by atoms with Gasteiger partial charge in [-0.25, -0.2) is 0 Å². The third-order valence-corrected chi connectivity index (χ3v) is 3.34. The third kappa shape index (κ3) is 2.99. The number of benzene rings is 1. The molecule has 0 atom stereocenters. The van der Waals surface area contributed by atoms with Crippen molar-refractivity contribution in [1.29, 1.82) is 0 Å². The van der Waals surface area contributed by atoms with Crippen LogP contribution in [-0.4, -0.2) is 31.6 Å². The van der Waals surface area contributed by atoms with E-state index in [4.69, 9.17) is 4.74 Å². The topological polar surface area (TPSA) is 12.5 Å². The van der Waals surface area contributed by atoms with Crippen molar-refractivity contribution in [3.8, 4) is 5.75 Å². The van der Waals surface area contributed by atoms with E-state index in [1.807, 2.05) is 12.1 Å². The van der Waals surface area contributed by atoms with Crippen LogP contribution in [-0.2, 0) is 6.42 Å². The van der Waals surface area contributed by atoms with Crippen LogP contribution in [0.4, 0.5) is 0 Å². The van der Waals surface area contributed by atoms with Crippen molar-refractivity contribution < 1.29 is 4.74 Å². The molecule has 0 amide bonds. The second-order valence-corrected chi connectivity index (χ2v) is 4.46. The molecule has 0 unspecified atom stereocenters. The van der Waals surface area contributed by atoms with Crippen molar-refractivity contribution in [3.63, 3.8) is 0 Å². The number of para-hydroxylation sites is 1. The first-order valence-electron chi connectivity index (χ1n) is 6.24. The minimum atomic E-state index is 1.03. The second-order valence-electron chi connectivity index (χ2n) is 4.46. The molecule has 1 aliphatic rings. The summed E-state index contributed by atoms with van der Waals surface area (Å²) in [6.45, 7) is 3.71. The molecule has 0 aromatic heterocycles. The highest BCUT2D eigenvalue weighted by atomic mass is 16.5. The Balaban J connectivity index is 1.88. The van der Waals surface area contributed by atoms with Crippen molar-refractivity contribution >= 4 is 0 Å². The lowest BCUT2D eigenvalue weighted by molar-refractivity contribution is 0.231. The molecule has 1 fully saturated rings. The minimum absolute atomic E-state index is 1.03. The van der Waals surface area contributed by atoms with Crippen LogP contribution in [0.25, 0.3) is 0 Å². The Morgan fingerprint density at radius 1 is 1.12 bits per heavy atom. The molecular formula is C14H21NO. The monoisotopic (exact) mass is 219 g/mol. The average molecular weight is 219 g/mol. The largest absolute Gasteiger partial charge is 0.496 e. The summed E-state index contributed by atoms with van der Waals surface area (Å²) in [6, 6.07) is 8.34. The molecule has 16 heavy (non-hydrogen) atoms. The standard InChI is InChI=1S/C14H21NO/c1-16-14-8-4-3-7-13(14)9-12-15-10-5-2-6-11-15/h3-4,7-8H,2,5-6,9-12H2,1H3. The molecule has 0 aliphatic carbocycles. The summed E-state index contributed by atoms with van der Waals surface area (Å²) in [5.41, 5.74) is 1.33. The molecule has 0 bridgehead atoms. The van der Waals surface area contributed by atoms with E-state index in [9.17, 15) is 0 Å². The number of methoxy groups -OCH3 is 1. The van der Waals surface area contributed by atoms with Crippen molar-refractivity contribution in [3.05, 3.63) is 29.8 Å². The van der Waals surface area contributed by atoms with Crippen LogP contribution in [0, 0.1) is 0 Å². The van der Waals surface area contributed by atoms with Gasteiger partial charge in [-0.1, -0.05) is 24.6 Å². The van der Waals surface area contributed by atoms with Gasteiger partial charge < -0.3 is 9.64 Å². The fourth-order valence-corrected chi connectivity index (χ4v) is 2.37. The Labute approximate surface area is 98.2 Å². The van der Waals surface area contributed by atoms with Crippen LogP contribution >= 0.6 is 0 Å². The predicted octanol–water partition coefficient (Wildman–Crippen LogP) is 2.72. The average Bonchev–Trinajstić information content (AvgIpc) is 2.38. The zero-order valence-electron chi connectivity index (χ0n) is 10.1. The van der Waals surface area contributed by atoms with Gasteiger partial charge in [-0.3, -0.25) is 0 Å². The molecule has 2 nitrogen and oxygen atoms in total. The molecule has 2 rings (SSSR count). The number of ether oxygens (including phenoxy) is 1. The van der Waals surface area contributed by atoms with Gasteiger partial charge in [0.15, 0.2) is 0 Å². The van der Waals surface area contributed by atoms with Gasteiger partial charge in [-0.2, -0.15) is 0 Å². The number of likely N-dealkylation sites (tertiary alicyclic amines) is 1. The van der Waals surface area contributed by atoms with E-state index in [1.54, 1.807) is 7.11 Å². The van der Waals surface area contributed by atoms with Crippen LogP contribution in [0.15, 0.2) is 24.3 Å². The second kappa shape index (κ2) is 5.90. The van der Waals surface area contributed by atoms with Gasteiger partial charge in [0.2, 0.25) is 0 Å². The highest BCUT2D eigenvalue weighted by Gasteiger charge is 2.10. The lowest BCUT2D eigenvalue weighted by atomic mass is 10.1. The molecule has 0 saturated carbocycles. The van der Waals surface area contributed by atoms with E-state index in [1.165, 1.54) is 44.5 Å². The summed E-state index contributed by atoms with van der Waals surface area (Å²) in [4.78, 5) is 2.57. The quantitative estimate of drug-likeness (QED) is 0.772. The molecule has 0 radical (unpaired) electrons. The van der Waals surface area contributed by atoms with Gasteiger partial charge in [-0.05, 0) is 44.0 Å². The normalized spacial score (nSPS) is 17.3. The molecule has 2 heteroatoms. The van der Waals surface area contributed by atoms with Gasteiger partial charge >= 0.3 is 0 Å². The SMILES string of the molecule is COc1ccccc1CCN1CCCCC1. The van der Waals surface area contributed by atoms with E-state index in [0.717, 1.165) is 12.2 Å². The molecule has 1 heterocycles. The maximum absolute atomic E-state index is 5.37. The van der Waals surface area contributed by atoms with E-state index in [2.05, 4.69) is 17.0 Å². The Hall–Kier alpha value is -1.02. The highest BCUT2D eigenvalue weighted by molar-refractivity contribution is 5.33. The van der Waals surface area contributed by atoms with Gasteiger partial charge in [0, 0.05) is 6.54 Å². The summed E-state index contributed by atoms with van der Waals surface area (Å²) >= 11 is 0. The number of piperidine rings is 1. The number of rotatable bonds is 4. The smallest absolute Gasteiger partial charge is 0.122 e. The van der Waals surface area contributed by atoms with E-state index in [0.29, 0.717) is 0 Å². The van der Waals surface area contributed by atoms with Crippen LogP contribution in [0.5, 0.6) is 5.75 Å². The summed E-state index contributed by atoms with van der Waals surface area (Å²) in [5.74, 6) is 1.03. The van der Waals surface area contributed by atoms with Gasteiger partial charge in [0.1, 0.15) is 5.75 Å². The van der Waals surface area contributed by atoms with Crippen molar-refractivity contribution in [2.24, 2.45) is 0 Å². The first-order valence-corrected chi connectivity index (χ1v) is 6.24. The van der Waals surface area contributed by atoms with Crippen molar-refractivity contribution in [2.75, 3.05) is 26.7 Å². The van der Waals surface area contributed by atoms with Gasteiger partial charge in [0.25, 0.3) is 0 Å². The predicted molar refractivity (Wildman–Crippen MR) is 67.0 cm³/mol. The molecule has 0 spiro atoms. The Morgan fingerprint density at radius 2 is 1.88 bits per heavy atom. The van der Waals surface area contributed by atoms with Gasteiger partial charge in [0.05, 0.1) is 7.11 Å². The molecule has 1 aromatic rings. The first kappa shape index (κ1) is 11.5. The van der Waals surface area contributed by atoms with Crippen LogP contribution in [0.1, 0.15) is 24.8 Å². The summed E-state index contributed by atoms with van der Waals surface area (Å²) in [7, 11) is 1.75. The van der Waals surface area contributed by atoms with Crippen molar-refractivity contribution in [1.82, 2.24) is 4.90 Å². The molecule has 0 N–H and O–H groups in total. The molecular weight excluding hydrogens is 198 g/mol. The minimum Gasteiger partial charge on any atom is -0.496 e. The van der Waals surface area contributed by atoms with Gasteiger partial charge in [-0.15, -0.1) is 0 Å². The molecule has 88 valence electrons. The van der Waals surface area contributed by atoms with E-state index in [-0.39, 0.29) is 0 Å². The third-order valence-electron chi connectivity index (χ3n) is 3.34. The van der Waals surface area contributed by atoms with Crippen LogP contribution < -0.4 is 4.74 Å². The van der Waals surface area contributed by atoms with E-state index >= 15 is 0 Å². The lowest BCUT2D eigenvalue weighted by Crippen LogP contribution is -2.31. The summed E-state index contributed by atoms with van der Waals surface area (Å²) in [6.07, 6.45) is 5.24. The van der Waals surface area contributed by atoms with Crippen LogP contribution in [0.3, 0.4) is 0 Å². The van der Waals surface area contributed by atoms with E-state index < -0.39 is 0 Å². The Kier molecular flexibility index (Phi) is 4.23. The zero-order chi connectivity index (χ0) is 11.2. The molecule has 1 aromatic carbocycles. The zero-order valence-corrected chi connectivity index (χ0v) is 10.1. The number of hydrogen-bond acceptors (Lipinski definition) is 2. The Bertz CT molecular complexity index is 318.